The van der Waals surface area contributed by atoms with Crippen molar-refractivity contribution in [2.45, 2.75) is 39.4 Å². The summed E-state index contributed by atoms with van der Waals surface area (Å²) in [5.74, 6) is -0.248. The first-order valence-electron chi connectivity index (χ1n) is 8.55. The van der Waals surface area contributed by atoms with Crippen molar-refractivity contribution in [1.82, 2.24) is 14.5 Å². The number of fused-ring (bicyclic) bond motifs is 1. The maximum atomic E-state index is 12.7. The van der Waals surface area contributed by atoms with Gasteiger partial charge in [0.25, 0.3) is 5.56 Å². The molecule has 0 fully saturated rings. The second kappa shape index (κ2) is 7.70. The highest BCUT2D eigenvalue weighted by atomic mass is 32.1. The van der Waals surface area contributed by atoms with Crippen molar-refractivity contribution in [2.24, 2.45) is 0 Å². The SMILES string of the molecule is CCn1c(=O)c2ccccc2n(CC(=O)NC(C)Cc2cccs2)c1=O. The zero-order chi connectivity index (χ0) is 18.7. The molecule has 0 saturated carbocycles. The van der Waals surface area contributed by atoms with Crippen LogP contribution in [-0.4, -0.2) is 21.1 Å². The van der Waals surface area contributed by atoms with Crippen LogP contribution in [0, 0.1) is 0 Å². The Hall–Kier alpha value is -2.67. The average Bonchev–Trinajstić information content (AvgIpc) is 3.12. The van der Waals surface area contributed by atoms with Gasteiger partial charge in [0.2, 0.25) is 5.91 Å². The van der Waals surface area contributed by atoms with Crippen LogP contribution in [0.4, 0.5) is 0 Å². The summed E-state index contributed by atoms with van der Waals surface area (Å²) in [5.41, 5.74) is -0.304. The molecule has 26 heavy (non-hydrogen) atoms. The van der Waals surface area contributed by atoms with Gasteiger partial charge in [0.05, 0.1) is 10.9 Å². The number of rotatable bonds is 6. The minimum absolute atomic E-state index is 0.0415. The van der Waals surface area contributed by atoms with Crippen molar-refractivity contribution >= 4 is 28.1 Å². The first-order valence-corrected chi connectivity index (χ1v) is 9.43. The van der Waals surface area contributed by atoms with Crippen molar-refractivity contribution in [3.8, 4) is 0 Å². The van der Waals surface area contributed by atoms with Crippen LogP contribution in [0.2, 0.25) is 0 Å². The van der Waals surface area contributed by atoms with Crippen molar-refractivity contribution in [3.63, 3.8) is 0 Å². The molecule has 0 radical (unpaired) electrons. The number of nitrogens with zero attached hydrogens (tertiary/aromatic N) is 2. The standard InChI is InChI=1S/C19H21N3O3S/c1-3-21-18(24)15-8-4-5-9-16(15)22(19(21)25)12-17(23)20-13(2)11-14-7-6-10-26-14/h4-10,13H,3,11-12H2,1-2H3,(H,20,23). The summed E-state index contributed by atoms with van der Waals surface area (Å²) in [7, 11) is 0. The molecule has 1 unspecified atom stereocenters. The van der Waals surface area contributed by atoms with E-state index in [4.69, 9.17) is 0 Å². The molecule has 2 heterocycles. The molecule has 0 spiro atoms. The van der Waals surface area contributed by atoms with E-state index in [-0.39, 0.29) is 30.6 Å². The molecule has 0 aliphatic heterocycles. The predicted molar refractivity (Wildman–Crippen MR) is 104 cm³/mol. The van der Waals surface area contributed by atoms with Crippen LogP contribution >= 0.6 is 11.3 Å². The number of hydrogen-bond acceptors (Lipinski definition) is 4. The Labute approximate surface area is 154 Å². The van der Waals surface area contributed by atoms with Gasteiger partial charge >= 0.3 is 5.69 Å². The van der Waals surface area contributed by atoms with Crippen LogP contribution in [-0.2, 0) is 24.3 Å². The summed E-state index contributed by atoms with van der Waals surface area (Å²) >= 11 is 1.65. The number of hydrogen-bond donors (Lipinski definition) is 1. The van der Waals surface area contributed by atoms with E-state index in [0.29, 0.717) is 10.9 Å². The Kier molecular flexibility index (Phi) is 5.37. The maximum Gasteiger partial charge on any atom is 0.331 e. The Morgan fingerprint density at radius 2 is 1.92 bits per heavy atom. The molecule has 2 aromatic heterocycles. The Morgan fingerprint density at radius 3 is 2.62 bits per heavy atom. The molecular weight excluding hydrogens is 350 g/mol. The molecule has 6 nitrogen and oxygen atoms in total. The second-order valence-electron chi connectivity index (χ2n) is 6.19. The fourth-order valence-electron chi connectivity index (χ4n) is 3.05. The highest BCUT2D eigenvalue weighted by Crippen LogP contribution is 2.11. The summed E-state index contributed by atoms with van der Waals surface area (Å²) in [6, 6.07) is 10.8. The lowest BCUT2D eigenvalue weighted by atomic mass is 10.2. The van der Waals surface area contributed by atoms with E-state index in [0.717, 1.165) is 11.0 Å². The number of amides is 1. The topological polar surface area (TPSA) is 73.1 Å². The van der Waals surface area contributed by atoms with Gasteiger partial charge in [0.1, 0.15) is 6.54 Å². The van der Waals surface area contributed by atoms with E-state index in [1.807, 2.05) is 24.4 Å². The molecule has 1 atom stereocenters. The van der Waals surface area contributed by atoms with Gasteiger partial charge in [-0.2, -0.15) is 0 Å². The van der Waals surface area contributed by atoms with Crippen LogP contribution in [0.25, 0.3) is 10.9 Å². The van der Waals surface area contributed by atoms with Crippen LogP contribution < -0.4 is 16.6 Å². The number of nitrogens with one attached hydrogen (secondary N) is 1. The number of carbonyl (C=O) groups excluding carboxylic acids is 1. The molecule has 3 aromatic rings. The van der Waals surface area contributed by atoms with Crippen molar-refractivity contribution < 1.29 is 4.79 Å². The molecule has 3 rings (SSSR count). The summed E-state index contributed by atoms with van der Waals surface area (Å²) in [4.78, 5) is 38.8. The van der Waals surface area contributed by atoms with Gasteiger partial charge in [-0.1, -0.05) is 18.2 Å². The van der Waals surface area contributed by atoms with Gasteiger partial charge in [0, 0.05) is 23.9 Å². The average molecular weight is 371 g/mol. The van der Waals surface area contributed by atoms with E-state index in [1.54, 1.807) is 42.5 Å². The number of carbonyl (C=O) groups is 1. The Balaban J connectivity index is 1.87. The van der Waals surface area contributed by atoms with Crippen LogP contribution in [0.1, 0.15) is 18.7 Å². The molecule has 136 valence electrons. The summed E-state index contributed by atoms with van der Waals surface area (Å²) in [6.45, 7) is 3.82. The van der Waals surface area contributed by atoms with Gasteiger partial charge in [-0.05, 0) is 37.4 Å². The van der Waals surface area contributed by atoms with Gasteiger partial charge in [-0.3, -0.25) is 18.7 Å². The van der Waals surface area contributed by atoms with Crippen LogP contribution in [0.3, 0.4) is 0 Å². The number of para-hydroxylation sites is 1. The summed E-state index contributed by atoms with van der Waals surface area (Å²) < 4.78 is 2.53. The highest BCUT2D eigenvalue weighted by molar-refractivity contribution is 7.09. The fraction of sp³-hybridized carbons (Fsp3) is 0.316. The molecule has 0 bridgehead atoms. The number of aromatic nitrogens is 2. The van der Waals surface area contributed by atoms with E-state index >= 15 is 0 Å². The molecule has 1 aromatic carbocycles. The Morgan fingerprint density at radius 1 is 1.15 bits per heavy atom. The molecule has 0 aliphatic rings. The highest BCUT2D eigenvalue weighted by Gasteiger charge is 2.15. The Bertz CT molecular complexity index is 1030. The second-order valence-corrected chi connectivity index (χ2v) is 7.22. The number of benzene rings is 1. The molecule has 0 saturated heterocycles. The van der Waals surface area contributed by atoms with Crippen LogP contribution in [0.5, 0.6) is 0 Å². The van der Waals surface area contributed by atoms with Crippen LogP contribution in [0.15, 0.2) is 51.4 Å². The summed E-state index contributed by atoms with van der Waals surface area (Å²) in [6.07, 6.45) is 0.744. The molecular formula is C19H21N3O3S. The predicted octanol–water partition coefficient (Wildman–Crippen LogP) is 1.99. The van der Waals surface area contributed by atoms with Gasteiger partial charge < -0.3 is 5.32 Å². The van der Waals surface area contributed by atoms with E-state index in [1.165, 1.54) is 9.44 Å². The third kappa shape index (κ3) is 3.62. The van der Waals surface area contributed by atoms with E-state index in [2.05, 4.69) is 5.32 Å². The lowest BCUT2D eigenvalue weighted by Gasteiger charge is -2.16. The minimum Gasteiger partial charge on any atom is -0.352 e. The zero-order valence-electron chi connectivity index (χ0n) is 14.8. The largest absolute Gasteiger partial charge is 0.352 e. The maximum absolute atomic E-state index is 12.7. The van der Waals surface area contributed by atoms with Crippen molar-refractivity contribution in [1.29, 1.82) is 0 Å². The molecule has 1 amide bonds. The summed E-state index contributed by atoms with van der Waals surface area (Å²) in [5, 5.41) is 5.37. The lowest BCUT2D eigenvalue weighted by Crippen LogP contribution is -2.43. The molecule has 1 N–H and O–H groups in total. The number of thiophene rings is 1. The first-order chi connectivity index (χ1) is 12.5. The van der Waals surface area contributed by atoms with Gasteiger partial charge in [-0.15, -0.1) is 11.3 Å². The minimum atomic E-state index is -0.461. The third-order valence-corrected chi connectivity index (χ3v) is 5.14. The van der Waals surface area contributed by atoms with E-state index in [9.17, 15) is 14.4 Å². The first kappa shape index (κ1) is 18.1. The van der Waals surface area contributed by atoms with E-state index < -0.39 is 5.69 Å². The van der Waals surface area contributed by atoms with Gasteiger partial charge in [-0.25, -0.2) is 4.79 Å². The normalized spacial score (nSPS) is 12.2. The van der Waals surface area contributed by atoms with Gasteiger partial charge in [0.15, 0.2) is 0 Å². The molecule has 7 heteroatoms. The monoisotopic (exact) mass is 371 g/mol. The lowest BCUT2D eigenvalue weighted by molar-refractivity contribution is -0.122. The fourth-order valence-corrected chi connectivity index (χ4v) is 3.88. The quantitative estimate of drug-likeness (QED) is 0.720. The smallest absolute Gasteiger partial charge is 0.331 e. The van der Waals surface area contributed by atoms with Crippen molar-refractivity contribution in [2.75, 3.05) is 0 Å². The third-order valence-electron chi connectivity index (χ3n) is 4.25. The van der Waals surface area contributed by atoms with Crippen molar-refractivity contribution in [3.05, 3.63) is 67.5 Å². The zero-order valence-corrected chi connectivity index (χ0v) is 15.6. The molecule has 0 aliphatic carbocycles.